The first-order valence-corrected chi connectivity index (χ1v) is 20.0. The van der Waals surface area contributed by atoms with Gasteiger partial charge in [-0.2, -0.15) is 0 Å². The Morgan fingerprint density at radius 1 is 0.667 bits per heavy atom. The van der Waals surface area contributed by atoms with E-state index in [4.69, 9.17) is 20.5 Å². The van der Waals surface area contributed by atoms with Gasteiger partial charge in [0.2, 0.25) is 0 Å². The summed E-state index contributed by atoms with van der Waals surface area (Å²) in [6.45, 7) is 5.19. The molecule has 0 aromatic heterocycles. The van der Waals surface area contributed by atoms with E-state index in [2.05, 4.69) is 37.4 Å². The summed E-state index contributed by atoms with van der Waals surface area (Å²) in [6, 6.07) is 0. The fourth-order valence-corrected chi connectivity index (χ4v) is 5.29. The van der Waals surface area contributed by atoms with Crippen molar-refractivity contribution < 1.29 is 33.5 Å². The average molecular weight is 696 g/mol. The van der Waals surface area contributed by atoms with E-state index in [-0.39, 0.29) is 6.54 Å². The maximum Gasteiger partial charge on any atom is 0.473 e. The van der Waals surface area contributed by atoms with E-state index in [1.165, 1.54) is 121 Å². The van der Waals surface area contributed by atoms with Crippen LogP contribution in [0.25, 0.3) is 0 Å². The number of aliphatic hydroxyl groups excluding tert-OH is 2. The Morgan fingerprint density at radius 2 is 1.06 bits per heavy atom. The van der Waals surface area contributed by atoms with Crippen molar-refractivity contribution in [2.75, 3.05) is 19.8 Å². The van der Waals surface area contributed by atoms with Gasteiger partial charge in [0.15, 0.2) is 5.78 Å². The van der Waals surface area contributed by atoms with Gasteiger partial charge >= 0.3 is 7.82 Å². The molecule has 0 aliphatic heterocycles. The van der Waals surface area contributed by atoms with Gasteiger partial charge in [0, 0.05) is 6.54 Å². The Labute approximate surface area is 293 Å². The normalized spacial score (nSPS) is 14.9. The molecule has 9 heteroatoms. The molecule has 278 valence electrons. The van der Waals surface area contributed by atoms with Crippen molar-refractivity contribution in [2.24, 2.45) is 5.73 Å². The fourth-order valence-electron chi connectivity index (χ4n) is 4.36. The second-order valence-corrected chi connectivity index (χ2v) is 13.3. The molecule has 0 heterocycles. The zero-order chi connectivity index (χ0) is 36.0. The van der Waals surface area contributed by atoms with Crippen LogP contribution in [-0.2, 0) is 18.4 Å². The summed E-state index contributed by atoms with van der Waals surface area (Å²) in [7, 11) is -4.62. The number of carbonyl (C=O) groups excluding carboxylic acids is 1. The molecule has 0 aromatic carbocycles. The number of aliphatic hydroxyl groups is 2. The van der Waals surface area contributed by atoms with E-state index in [0.29, 0.717) is 0 Å². The van der Waals surface area contributed by atoms with Gasteiger partial charge in [-0.05, 0) is 18.9 Å². The molecular formula is C39H70NO7P. The number of phosphoric ester groups is 1. The molecule has 0 aliphatic rings. The summed E-state index contributed by atoms with van der Waals surface area (Å²) in [5.41, 5.74) is 5.43. The number of hydrogen-bond acceptors (Lipinski definition) is 7. The van der Waals surface area contributed by atoms with E-state index >= 15 is 0 Å². The third-order valence-corrected chi connectivity index (χ3v) is 8.26. The number of allylic oxidation sites excluding steroid dienone is 11. The molecule has 0 fully saturated rings. The molecule has 3 unspecified atom stereocenters. The van der Waals surface area contributed by atoms with Gasteiger partial charge in [-0.25, -0.2) is 4.57 Å². The van der Waals surface area contributed by atoms with Gasteiger partial charge in [0.1, 0.15) is 12.2 Å². The minimum atomic E-state index is -4.62. The van der Waals surface area contributed by atoms with E-state index in [0.717, 1.165) is 6.42 Å². The van der Waals surface area contributed by atoms with Crippen LogP contribution in [0, 0.1) is 0 Å². The topological polar surface area (TPSA) is 139 Å². The van der Waals surface area contributed by atoms with Crippen LogP contribution < -0.4 is 5.73 Å². The number of ketones is 1. The third kappa shape index (κ3) is 36.9. The average Bonchev–Trinajstić information content (AvgIpc) is 3.08. The second-order valence-electron chi connectivity index (χ2n) is 11.9. The minimum absolute atomic E-state index is 0.337. The van der Waals surface area contributed by atoms with Gasteiger partial charge in [0.25, 0.3) is 0 Å². The molecule has 0 radical (unpaired) electrons. The largest absolute Gasteiger partial charge is 0.473 e. The predicted molar refractivity (Wildman–Crippen MR) is 203 cm³/mol. The highest BCUT2D eigenvalue weighted by molar-refractivity contribution is 7.47. The van der Waals surface area contributed by atoms with Crippen LogP contribution in [0.3, 0.4) is 0 Å². The number of hydrogen-bond donors (Lipinski definition) is 4. The van der Waals surface area contributed by atoms with Crippen LogP contribution in [0.4, 0.5) is 0 Å². The quantitative estimate of drug-likeness (QED) is 0.0243. The van der Waals surface area contributed by atoms with Crippen molar-refractivity contribution >= 4 is 13.6 Å². The summed E-state index contributed by atoms with van der Waals surface area (Å²) >= 11 is 0. The first kappa shape index (κ1) is 48.2. The molecule has 3 atom stereocenters. The van der Waals surface area contributed by atoms with Crippen LogP contribution in [0.5, 0.6) is 0 Å². The molecular weight excluding hydrogens is 625 g/mol. The summed E-state index contributed by atoms with van der Waals surface area (Å²) < 4.78 is 21.1. The molecule has 8 nitrogen and oxygen atoms in total. The zero-order valence-electron chi connectivity index (χ0n) is 30.4. The SMILES string of the molecule is CCCCCCCCCC=CC=CC=CC=CC=CC=CC(=O)C(CN)OP(=O)(O)OCC(O)CO.CCCCCCCCCCCC. The third-order valence-electron chi connectivity index (χ3n) is 7.26. The molecule has 0 bridgehead atoms. The molecule has 0 aliphatic carbocycles. The Balaban J connectivity index is 0. The predicted octanol–water partition coefficient (Wildman–Crippen LogP) is 9.77. The van der Waals surface area contributed by atoms with Crippen LogP contribution in [-0.4, -0.2) is 52.9 Å². The van der Waals surface area contributed by atoms with Crippen molar-refractivity contribution in [3.05, 3.63) is 72.9 Å². The zero-order valence-corrected chi connectivity index (χ0v) is 31.3. The van der Waals surface area contributed by atoms with Crippen molar-refractivity contribution in [1.82, 2.24) is 0 Å². The molecule has 0 saturated carbocycles. The molecule has 0 rings (SSSR count). The van der Waals surface area contributed by atoms with E-state index < -0.39 is 39.0 Å². The van der Waals surface area contributed by atoms with Crippen LogP contribution in [0.15, 0.2) is 72.9 Å². The lowest BCUT2D eigenvalue weighted by molar-refractivity contribution is -0.121. The summed E-state index contributed by atoms with van der Waals surface area (Å²) in [5, 5.41) is 17.8. The number of rotatable bonds is 31. The molecule has 0 saturated heterocycles. The number of carbonyl (C=O) groups is 1. The first-order valence-electron chi connectivity index (χ1n) is 18.5. The molecule has 48 heavy (non-hydrogen) atoms. The van der Waals surface area contributed by atoms with Gasteiger partial charge in [-0.1, -0.05) is 190 Å². The van der Waals surface area contributed by atoms with E-state index in [9.17, 15) is 14.3 Å². The molecule has 0 aromatic rings. The standard InChI is InChI=1S/C27H44NO7P.C12H26/c1-2-3-4-5-6-7-8-9-10-11-12-13-14-15-16-17-18-19-20-21-26(31)27(22-28)35-36(32,33)34-24-25(30)23-29;1-3-5-7-9-11-12-10-8-6-4-2/h10-21,25,27,29-30H,2-9,22-24,28H2,1H3,(H,32,33);3-12H2,1-2H3. The Hall–Kier alpha value is -1.90. The number of nitrogens with two attached hydrogens (primary N) is 1. The minimum Gasteiger partial charge on any atom is -0.394 e. The molecule has 0 amide bonds. The van der Waals surface area contributed by atoms with Gasteiger partial charge in [-0.15, -0.1) is 0 Å². The van der Waals surface area contributed by atoms with Crippen LogP contribution in [0.2, 0.25) is 0 Å². The number of phosphoric acid groups is 1. The molecule has 5 N–H and O–H groups in total. The van der Waals surface area contributed by atoms with Crippen molar-refractivity contribution in [3.63, 3.8) is 0 Å². The second kappa shape index (κ2) is 37.9. The Kier molecular flexibility index (Phi) is 38.1. The van der Waals surface area contributed by atoms with E-state index in [1.807, 2.05) is 30.4 Å². The van der Waals surface area contributed by atoms with Crippen LogP contribution in [0.1, 0.15) is 136 Å². The van der Waals surface area contributed by atoms with Gasteiger partial charge in [-0.3, -0.25) is 13.8 Å². The first-order chi connectivity index (χ1) is 23.3. The van der Waals surface area contributed by atoms with Gasteiger partial charge < -0.3 is 20.8 Å². The molecule has 0 spiro atoms. The van der Waals surface area contributed by atoms with E-state index in [1.54, 1.807) is 18.2 Å². The highest BCUT2D eigenvalue weighted by atomic mass is 31.2. The Bertz CT molecular complexity index is 933. The lowest BCUT2D eigenvalue weighted by Gasteiger charge is -2.18. The highest BCUT2D eigenvalue weighted by Crippen LogP contribution is 2.44. The highest BCUT2D eigenvalue weighted by Gasteiger charge is 2.29. The summed E-state index contributed by atoms with van der Waals surface area (Å²) in [5.74, 6) is -0.614. The lowest BCUT2D eigenvalue weighted by atomic mass is 10.1. The smallest absolute Gasteiger partial charge is 0.394 e. The lowest BCUT2D eigenvalue weighted by Crippen LogP contribution is -2.31. The van der Waals surface area contributed by atoms with Crippen LogP contribution >= 0.6 is 7.82 Å². The maximum absolute atomic E-state index is 12.1. The fraction of sp³-hybridized carbons (Fsp3) is 0.667. The van der Waals surface area contributed by atoms with Crippen molar-refractivity contribution in [3.8, 4) is 0 Å². The maximum atomic E-state index is 12.1. The summed E-state index contributed by atoms with van der Waals surface area (Å²) in [4.78, 5) is 21.7. The monoisotopic (exact) mass is 695 g/mol. The van der Waals surface area contributed by atoms with Gasteiger partial charge in [0.05, 0.1) is 13.2 Å². The number of unbranched alkanes of at least 4 members (excludes halogenated alkanes) is 16. The van der Waals surface area contributed by atoms with Crippen molar-refractivity contribution in [1.29, 1.82) is 0 Å². The van der Waals surface area contributed by atoms with Crippen molar-refractivity contribution in [2.45, 2.75) is 149 Å². The summed E-state index contributed by atoms with van der Waals surface area (Å²) in [6.07, 6.45) is 43.7. The Morgan fingerprint density at radius 3 is 1.48 bits per heavy atom.